The molecule has 0 bridgehead atoms. The molecule has 20 heavy (non-hydrogen) atoms. The summed E-state index contributed by atoms with van der Waals surface area (Å²) in [4.78, 5) is 0. The summed E-state index contributed by atoms with van der Waals surface area (Å²) in [7, 11) is 0. The van der Waals surface area contributed by atoms with Gasteiger partial charge in [0.25, 0.3) is 0 Å². The van der Waals surface area contributed by atoms with Gasteiger partial charge < -0.3 is 5.73 Å². The second-order valence-corrected chi connectivity index (χ2v) is 5.87. The number of hydrogen-bond donors (Lipinski definition) is 1. The summed E-state index contributed by atoms with van der Waals surface area (Å²) in [6.07, 6.45) is 1.03. The van der Waals surface area contributed by atoms with Gasteiger partial charge in [0.05, 0.1) is 0 Å². The molecule has 2 aromatic rings. The molecule has 0 saturated carbocycles. The lowest BCUT2D eigenvalue weighted by Gasteiger charge is -2.20. The molecule has 2 rings (SSSR count). The van der Waals surface area contributed by atoms with Crippen LogP contribution in [-0.4, -0.2) is 6.54 Å². The van der Waals surface area contributed by atoms with Crippen molar-refractivity contribution in [1.82, 2.24) is 0 Å². The highest BCUT2D eigenvalue weighted by Gasteiger charge is 2.15. The van der Waals surface area contributed by atoms with Crippen LogP contribution in [0.15, 0.2) is 36.4 Å². The van der Waals surface area contributed by atoms with E-state index in [9.17, 15) is 0 Å². The Morgan fingerprint density at radius 2 is 1.50 bits per heavy atom. The van der Waals surface area contributed by atoms with Crippen LogP contribution in [0.5, 0.6) is 0 Å². The van der Waals surface area contributed by atoms with Crippen molar-refractivity contribution in [2.45, 2.75) is 40.0 Å². The zero-order valence-corrected chi connectivity index (χ0v) is 13.0. The molecule has 0 aromatic heterocycles. The van der Waals surface area contributed by atoms with E-state index in [-0.39, 0.29) is 0 Å². The van der Waals surface area contributed by atoms with Crippen LogP contribution in [0, 0.1) is 27.7 Å². The van der Waals surface area contributed by atoms with Crippen molar-refractivity contribution in [2.24, 2.45) is 5.73 Å². The molecular formula is C19H25N. The smallest absolute Gasteiger partial charge is 0.000439 e. The second kappa shape index (κ2) is 6.23. The first-order valence-corrected chi connectivity index (χ1v) is 7.35. The van der Waals surface area contributed by atoms with Crippen molar-refractivity contribution in [2.75, 3.05) is 6.54 Å². The van der Waals surface area contributed by atoms with E-state index in [1.54, 1.807) is 0 Å². The van der Waals surface area contributed by atoms with Crippen LogP contribution >= 0.6 is 0 Å². The molecular weight excluding hydrogens is 242 g/mol. The van der Waals surface area contributed by atoms with Crippen LogP contribution in [-0.2, 0) is 6.42 Å². The molecule has 1 nitrogen and oxygen atoms in total. The highest BCUT2D eigenvalue weighted by atomic mass is 14.5. The Balaban J connectivity index is 2.35. The normalized spacial score (nSPS) is 12.4. The quantitative estimate of drug-likeness (QED) is 0.882. The van der Waals surface area contributed by atoms with Gasteiger partial charge in [-0.05, 0) is 68.5 Å². The molecule has 1 atom stereocenters. The lowest BCUT2D eigenvalue weighted by atomic mass is 9.86. The second-order valence-electron chi connectivity index (χ2n) is 5.87. The summed E-state index contributed by atoms with van der Waals surface area (Å²) in [5.74, 6) is 0.399. The minimum atomic E-state index is 0.399. The first-order chi connectivity index (χ1) is 9.52. The number of benzene rings is 2. The van der Waals surface area contributed by atoms with Gasteiger partial charge in [0.15, 0.2) is 0 Å². The molecule has 0 aliphatic rings. The van der Waals surface area contributed by atoms with Crippen LogP contribution in [0.25, 0.3) is 0 Å². The Morgan fingerprint density at radius 1 is 0.900 bits per heavy atom. The van der Waals surface area contributed by atoms with Crippen molar-refractivity contribution in [1.29, 1.82) is 0 Å². The molecule has 0 saturated heterocycles. The first-order valence-electron chi connectivity index (χ1n) is 7.35. The van der Waals surface area contributed by atoms with E-state index in [0.717, 1.165) is 6.42 Å². The standard InChI is InChI=1S/C19H25N/c1-13-9-15(3)19(16(4)10-13)11-17(12-20)18-8-6-5-7-14(18)2/h5-10,17H,11-12,20H2,1-4H3. The lowest BCUT2D eigenvalue weighted by Crippen LogP contribution is -2.17. The van der Waals surface area contributed by atoms with Gasteiger partial charge in [-0.1, -0.05) is 42.0 Å². The third-order valence-corrected chi connectivity index (χ3v) is 4.20. The Bertz CT molecular complexity index is 575. The highest BCUT2D eigenvalue weighted by molar-refractivity contribution is 5.40. The average molecular weight is 267 g/mol. The van der Waals surface area contributed by atoms with E-state index in [2.05, 4.69) is 64.1 Å². The molecule has 106 valence electrons. The molecule has 0 spiro atoms. The van der Waals surface area contributed by atoms with Crippen molar-refractivity contribution >= 4 is 0 Å². The SMILES string of the molecule is Cc1cc(C)c(CC(CN)c2ccccc2C)c(C)c1. The van der Waals surface area contributed by atoms with E-state index in [1.165, 1.54) is 33.4 Å². The van der Waals surface area contributed by atoms with Crippen molar-refractivity contribution in [3.8, 4) is 0 Å². The molecule has 0 heterocycles. The Kier molecular flexibility index (Phi) is 4.61. The fraction of sp³-hybridized carbons (Fsp3) is 0.368. The van der Waals surface area contributed by atoms with Crippen LogP contribution in [0.3, 0.4) is 0 Å². The molecule has 0 amide bonds. The van der Waals surface area contributed by atoms with Crippen LogP contribution in [0.1, 0.15) is 39.3 Å². The first kappa shape index (κ1) is 14.8. The molecule has 0 aliphatic carbocycles. The molecule has 1 heteroatoms. The van der Waals surface area contributed by atoms with Gasteiger partial charge in [-0.3, -0.25) is 0 Å². The minimum Gasteiger partial charge on any atom is -0.330 e. The van der Waals surface area contributed by atoms with Gasteiger partial charge in [0.1, 0.15) is 0 Å². The van der Waals surface area contributed by atoms with Crippen LogP contribution in [0.2, 0.25) is 0 Å². The fourth-order valence-corrected chi connectivity index (χ4v) is 3.14. The van der Waals surface area contributed by atoms with Gasteiger partial charge in [0, 0.05) is 5.92 Å². The summed E-state index contributed by atoms with van der Waals surface area (Å²) >= 11 is 0. The predicted octanol–water partition coefficient (Wildman–Crippen LogP) is 4.21. The minimum absolute atomic E-state index is 0.399. The predicted molar refractivity (Wildman–Crippen MR) is 87.3 cm³/mol. The molecule has 2 aromatic carbocycles. The summed E-state index contributed by atoms with van der Waals surface area (Å²) in [5.41, 5.74) is 14.3. The van der Waals surface area contributed by atoms with Gasteiger partial charge in [0.2, 0.25) is 0 Å². The Morgan fingerprint density at radius 3 is 2.05 bits per heavy atom. The third-order valence-electron chi connectivity index (χ3n) is 4.20. The summed E-state index contributed by atoms with van der Waals surface area (Å²) in [5, 5.41) is 0. The molecule has 0 fully saturated rings. The van der Waals surface area contributed by atoms with Crippen LogP contribution < -0.4 is 5.73 Å². The number of rotatable bonds is 4. The Labute approximate surface area is 122 Å². The van der Waals surface area contributed by atoms with Crippen LogP contribution in [0.4, 0.5) is 0 Å². The monoisotopic (exact) mass is 267 g/mol. The Hall–Kier alpha value is -1.60. The topological polar surface area (TPSA) is 26.0 Å². The zero-order chi connectivity index (χ0) is 14.7. The van der Waals surface area contributed by atoms with Gasteiger partial charge in [-0.25, -0.2) is 0 Å². The summed E-state index contributed by atoms with van der Waals surface area (Å²) in [6, 6.07) is 13.1. The number of nitrogens with two attached hydrogens (primary N) is 1. The highest BCUT2D eigenvalue weighted by Crippen LogP contribution is 2.26. The zero-order valence-electron chi connectivity index (χ0n) is 13.0. The van der Waals surface area contributed by atoms with Crippen molar-refractivity contribution < 1.29 is 0 Å². The largest absolute Gasteiger partial charge is 0.330 e. The maximum absolute atomic E-state index is 6.05. The fourth-order valence-electron chi connectivity index (χ4n) is 3.14. The van der Waals surface area contributed by atoms with E-state index in [1.807, 2.05) is 0 Å². The van der Waals surface area contributed by atoms with E-state index < -0.39 is 0 Å². The number of aryl methyl sites for hydroxylation is 4. The summed E-state index contributed by atoms with van der Waals surface area (Å²) < 4.78 is 0. The van der Waals surface area contributed by atoms with E-state index in [0.29, 0.717) is 12.5 Å². The van der Waals surface area contributed by atoms with Crippen molar-refractivity contribution in [3.05, 3.63) is 69.8 Å². The van der Waals surface area contributed by atoms with Crippen molar-refractivity contribution in [3.63, 3.8) is 0 Å². The van der Waals surface area contributed by atoms with Gasteiger partial charge >= 0.3 is 0 Å². The van der Waals surface area contributed by atoms with E-state index in [4.69, 9.17) is 5.73 Å². The molecule has 1 unspecified atom stereocenters. The lowest BCUT2D eigenvalue weighted by molar-refractivity contribution is 0.685. The molecule has 0 aliphatic heterocycles. The van der Waals surface area contributed by atoms with Gasteiger partial charge in [-0.2, -0.15) is 0 Å². The maximum Gasteiger partial charge on any atom is 0.000439 e. The maximum atomic E-state index is 6.05. The molecule has 0 radical (unpaired) electrons. The molecule has 2 N–H and O–H groups in total. The van der Waals surface area contributed by atoms with Gasteiger partial charge in [-0.15, -0.1) is 0 Å². The van der Waals surface area contributed by atoms with E-state index >= 15 is 0 Å². The summed E-state index contributed by atoms with van der Waals surface area (Å²) in [6.45, 7) is 9.44. The third kappa shape index (κ3) is 3.10. The number of hydrogen-bond acceptors (Lipinski definition) is 1. The average Bonchev–Trinajstić information content (AvgIpc) is 2.39.